The second-order valence-electron chi connectivity index (χ2n) is 4.23. The van der Waals surface area contributed by atoms with E-state index in [2.05, 4.69) is 5.32 Å². The molecule has 0 saturated carbocycles. The molecule has 102 valence electrons. The number of rotatable bonds is 8. The number of likely N-dealkylation sites (N-methyl/N-ethyl adjacent to an activating group) is 1. The molecule has 1 aromatic carbocycles. The number of benzene rings is 1. The van der Waals surface area contributed by atoms with E-state index in [1.54, 1.807) is 12.1 Å². The lowest BCUT2D eigenvalue weighted by atomic mass is 10.0. The lowest BCUT2D eigenvalue weighted by Gasteiger charge is -2.17. The van der Waals surface area contributed by atoms with Gasteiger partial charge >= 0.3 is 0 Å². The smallest absolute Gasteiger partial charge is 0.127 e. The third kappa shape index (κ3) is 4.92. The van der Waals surface area contributed by atoms with E-state index >= 15 is 0 Å². The monoisotopic (exact) mass is 273 g/mol. The second-order valence-corrected chi connectivity index (χ2v) is 4.64. The summed E-state index contributed by atoms with van der Waals surface area (Å²) in [6.07, 6.45) is 2.51. The van der Waals surface area contributed by atoms with Crippen LogP contribution in [0.3, 0.4) is 0 Å². The first-order valence-corrected chi connectivity index (χ1v) is 6.74. The van der Waals surface area contributed by atoms with Crippen molar-refractivity contribution in [1.29, 1.82) is 0 Å². The van der Waals surface area contributed by atoms with Gasteiger partial charge in [0.2, 0.25) is 0 Å². The van der Waals surface area contributed by atoms with Gasteiger partial charge in [0.05, 0.1) is 0 Å². The third-order valence-corrected chi connectivity index (χ3v) is 3.32. The topological polar surface area (TPSA) is 21.3 Å². The number of nitrogens with one attached hydrogen (secondary N) is 1. The normalized spacial score (nSPS) is 12.7. The lowest BCUT2D eigenvalue weighted by Crippen LogP contribution is -2.28. The second kappa shape index (κ2) is 8.46. The minimum Gasteiger partial charge on any atom is -0.382 e. The van der Waals surface area contributed by atoms with Crippen molar-refractivity contribution in [1.82, 2.24) is 5.32 Å². The predicted molar refractivity (Wildman–Crippen MR) is 73.7 cm³/mol. The number of halogens is 2. The van der Waals surface area contributed by atoms with Gasteiger partial charge in [-0.3, -0.25) is 0 Å². The molecule has 0 fully saturated rings. The van der Waals surface area contributed by atoms with Crippen molar-refractivity contribution < 1.29 is 9.13 Å². The van der Waals surface area contributed by atoms with Gasteiger partial charge in [-0.15, -0.1) is 0 Å². The molecule has 0 bridgehead atoms. The molecule has 0 spiro atoms. The van der Waals surface area contributed by atoms with Crippen molar-refractivity contribution in [2.24, 2.45) is 0 Å². The Morgan fingerprint density at radius 1 is 1.44 bits per heavy atom. The quantitative estimate of drug-likeness (QED) is 0.733. The number of hydrogen-bond donors (Lipinski definition) is 1. The van der Waals surface area contributed by atoms with Gasteiger partial charge in [-0.2, -0.15) is 0 Å². The van der Waals surface area contributed by atoms with E-state index in [9.17, 15) is 4.39 Å². The van der Waals surface area contributed by atoms with Crippen LogP contribution < -0.4 is 5.32 Å². The van der Waals surface area contributed by atoms with E-state index in [0.29, 0.717) is 17.0 Å². The molecule has 1 rings (SSSR count). The minimum absolute atomic E-state index is 0.222. The number of ether oxygens (including phenoxy) is 1. The van der Waals surface area contributed by atoms with Crippen LogP contribution >= 0.6 is 11.6 Å². The van der Waals surface area contributed by atoms with Crippen LogP contribution in [0.25, 0.3) is 0 Å². The Balaban J connectivity index is 2.52. The van der Waals surface area contributed by atoms with Crippen LogP contribution in [0.2, 0.25) is 5.02 Å². The van der Waals surface area contributed by atoms with Crippen molar-refractivity contribution in [2.45, 2.75) is 32.2 Å². The van der Waals surface area contributed by atoms with Gasteiger partial charge in [-0.1, -0.05) is 17.7 Å². The highest BCUT2D eigenvalue weighted by Gasteiger charge is 2.13. The first kappa shape index (κ1) is 15.4. The van der Waals surface area contributed by atoms with Crippen molar-refractivity contribution in [3.8, 4) is 0 Å². The van der Waals surface area contributed by atoms with Gasteiger partial charge in [-0.05, 0) is 45.4 Å². The maximum Gasteiger partial charge on any atom is 0.127 e. The van der Waals surface area contributed by atoms with Gasteiger partial charge in [0.25, 0.3) is 0 Å². The fraction of sp³-hybridized carbons (Fsp3) is 0.571. The van der Waals surface area contributed by atoms with E-state index in [1.807, 2.05) is 14.0 Å². The minimum atomic E-state index is -0.229. The predicted octanol–water partition coefficient (Wildman–Crippen LogP) is 3.43. The summed E-state index contributed by atoms with van der Waals surface area (Å²) in [5.74, 6) is -0.229. The van der Waals surface area contributed by atoms with Crippen LogP contribution in [0.5, 0.6) is 0 Å². The summed E-state index contributed by atoms with van der Waals surface area (Å²) >= 11 is 6.02. The standard InChI is InChI=1S/C14H21ClFNO/c1-3-18-9-5-6-11(17-2)10-12-13(15)7-4-8-14(12)16/h4,7-8,11,17H,3,5-6,9-10H2,1-2H3. The van der Waals surface area contributed by atoms with Crippen molar-refractivity contribution in [3.63, 3.8) is 0 Å². The third-order valence-electron chi connectivity index (χ3n) is 2.97. The van der Waals surface area contributed by atoms with Crippen molar-refractivity contribution in [3.05, 3.63) is 34.6 Å². The van der Waals surface area contributed by atoms with Gasteiger partial charge in [0.1, 0.15) is 5.82 Å². The molecule has 1 atom stereocenters. The van der Waals surface area contributed by atoms with Gasteiger partial charge < -0.3 is 10.1 Å². The van der Waals surface area contributed by atoms with E-state index < -0.39 is 0 Å². The van der Waals surface area contributed by atoms with E-state index in [-0.39, 0.29) is 11.9 Å². The van der Waals surface area contributed by atoms with Crippen LogP contribution in [-0.4, -0.2) is 26.3 Å². The van der Waals surface area contributed by atoms with Crippen LogP contribution in [0.15, 0.2) is 18.2 Å². The molecular formula is C14H21ClFNO. The zero-order valence-electron chi connectivity index (χ0n) is 11.0. The molecule has 2 nitrogen and oxygen atoms in total. The van der Waals surface area contributed by atoms with E-state index in [1.165, 1.54) is 6.07 Å². The highest BCUT2D eigenvalue weighted by Crippen LogP contribution is 2.21. The Kier molecular flexibility index (Phi) is 7.25. The molecule has 18 heavy (non-hydrogen) atoms. The first-order valence-electron chi connectivity index (χ1n) is 6.37. The summed E-state index contributed by atoms with van der Waals surface area (Å²) in [6.45, 7) is 3.47. The fourth-order valence-corrected chi connectivity index (χ4v) is 2.14. The van der Waals surface area contributed by atoms with E-state index in [4.69, 9.17) is 16.3 Å². The average Bonchev–Trinajstić information content (AvgIpc) is 2.36. The molecule has 0 radical (unpaired) electrons. The van der Waals surface area contributed by atoms with Crippen molar-refractivity contribution >= 4 is 11.6 Å². The average molecular weight is 274 g/mol. The summed E-state index contributed by atoms with van der Waals surface area (Å²) in [6, 6.07) is 5.03. The largest absolute Gasteiger partial charge is 0.382 e. The van der Waals surface area contributed by atoms with E-state index in [0.717, 1.165) is 26.1 Å². The molecule has 0 aliphatic rings. The van der Waals surface area contributed by atoms with Crippen LogP contribution in [0.4, 0.5) is 4.39 Å². The van der Waals surface area contributed by atoms with Gasteiger partial charge in [0.15, 0.2) is 0 Å². The Hall–Kier alpha value is -0.640. The summed E-state index contributed by atoms with van der Waals surface area (Å²) in [5, 5.41) is 3.70. The Morgan fingerprint density at radius 3 is 2.83 bits per heavy atom. The zero-order chi connectivity index (χ0) is 13.4. The highest BCUT2D eigenvalue weighted by atomic mass is 35.5. The van der Waals surface area contributed by atoms with Crippen LogP contribution in [-0.2, 0) is 11.2 Å². The molecule has 0 aromatic heterocycles. The highest BCUT2D eigenvalue weighted by molar-refractivity contribution is 6.31. The summed E-state index contributed by atoms with van der Waals surface area (Å²) in [4.78, 5) is 0. The summed E-state index contributed by atoms with van der Waals surface area (Å²) in [7, 11) is 1.89. The zero-order valence-corrected chi connectivity index (χ0v) is 11.8. The van der Waals surface area contributed by atoms with Gasteiger partial charge in [-0.25, -0.2) is 4.39 Å². The molecule has 1 N–H and O–H groups in total. The molecular weight excluding hydrogens is 253 g/mol. The maximum atomic E-state index is 13.7. The molecule has 1 aromatic rings. The number of hydrogen-bond acceptors (Lipinski definition) is 2. The molecule has 0 aliphatic carbocycles. The van der Waals surface area contributed by atoms with Crippen LogP contribution in [0, 0.1) is 5.82 Å². The lowest BCUT2D eigenvalue weighted by molar-refractivity contribution is 0.141. The van der Waals surface area contributed by atoms with Gasteiger partial charge in [0, 0.05) is 29.8 Å². The Morgan fingerprint density at radius 2 is 2.22 bits per heavy atom. The fourth-order valence-electron chi connectivity index (χ4n) is 1.90. The summed E-state index contributed by atoms with van der Waals surface area (Å²) < 4.78 is 19.0. The Labute approximate surface area is 113 Å². The Bertz CT molecular complexity index is 339. The maximum absolute atomic E-state index is 13.7. The first-order chi connectivity index (χ1) is 8.69. The molecule has 0 heterocycles. The summed E-state index contributed by atoms with van der Waals surface area (Å²) in [5.41, 5.74) is 0.593. The SMILES string of the molecule is CCOCCCC(Cc1c(F)cccc1Cl)NC. The van der Waals surface area contributed by atoms with Crippen molar-refractivity contribution in [2.75, 3.05) is 20.3 Å². The molecule has 1 unspecified atom stereocenters. The van der Waals surface area contributed by atoms with Crippen LogP contribution in [0.1, 0.15) is 25.3 Å². The molecule has 4 heteroatoms. The molecule has 0 saturated heterocycles. The molecule has 0 aliphatic heterocycles. The molecule has 0 amide bonds.